The minimum absolute atomic E-state index is 0.00292. The quantitative estimate of drug-likeness (QED) is 0.0391. The van der Waals surface area contributed by atoms with Gasteiger partial charge in [-0.1, -0.05) is 118 Å². The van der Waals surface area contributed by atoms with Crippen molar-refractivity contribution in [3.8, 4) is 0 Å². The molecule has 75 heavy (non-hydrogen) atoms. The molecule has 0 aromatic heterocycles. The van der Waals surface area contributed by atoms with Crippen LogP contribution in [0.5, 0.6) is 0 Å². The molecular weight excluding hydrogens is 957 g/mol. The van der Waals surface area contributed by atoms with Gasteiger partial charge >= 0.3 is 0 Å². The van der Waals surface area contributed by atoms with E-state index in [4.69, 9.17) is 5.11 Å². The van der Waals surface area contributed by atoms with Crippen LogP contribution < -0.4 is 53.2 Å². The van der Waals surface area contributed by atoms with Crippen LogP contribution in [-0.2, 0) is 38.4 Å². The number of hydrogen-bond acceptors (Lipinski definition) is 11. The van der Waals surface area contributed by atoms with Crippen LogP contribution in [0, 0.1) is 17.8 Å². The first-order valence-corrected chi connectivity index (χ1v) is 28.7. The summed E-state index contributed by atoms with van der Waals surface area (Å²) in [6.07, 6.45) is 17.0. The van der Waals surface area contributed by atoms with Gasteiger partial charge in [0, 0.05) is 38.1 Å². The number of aliphatic hydroxyl groups is 1. The first kappa shape index (κ1) is 66.8. The molecule has 2 aliphatic rings. The fraction of sp³-hybridized carbons (Fsp3) is 0.857. The number of aliphatic hydroxyl groups excluding tert-OH is 1. The van der Waals surface area contributed by atoms with Gasteiger partial charge < -0.3 is 58.3 Å². The number of unbranched alkanes of at least 4 members (excludes halogenated alkanes) is 5. The molecule has 0 saturated heterocycles. The number of carbonyl (C=O) groups is 8. The third-order valence-corrected chi connectivity index (χ3v) is 14.3. The Morgan fingerprint density at radius 1 is 0.533 bits per heavy atom. The van der Waals surface area contributed by atoms with Crippen LogP contribution in [-0.4, -0.2) is 131 Å². The van der Waals surface area contributed by atoms with E-state index in [0.717, 1.165) is 83.5 Å². The highest BCUT2D eigenvalue weighted by molar-refractivity contribution is 5.99. The molecule has 2 saturated carbocycles. The van der Waals surface area contributed by atoms with E-state index in [1.165, 1.54) is 20.3 Å². The van der Waals surface area contributed by atoms with Crippen molar-refractivity contribution in [3.63, 3.8) is 0 Å². The number of hydrogen-bond donors (Lipinski definition) is 11. The zero-order chi connectivity index (χ0) is 56.4. The normalized spacial score (nSPS) is 16.8. The summed E-state index contributed by atoms with van der Waals surface area (Å²) in [6, 6.07) is -3.52. The monoisotopic (exact) mass is 1060 g/mol. The first-order valence-electron chi connectivity index (χ1n) is 28.7. The first-order chi connectivity index (χ1) is 35.2. The highest BCUT2D eigenvalue weighted by atomic mass is 16.3. The number of nitrogens with one attached hydrogen (secondary N) is 10. The second-order valence-corrected chi connectivity index (χ2v) is 24.1. The Morgan fingerprint density at radius 3 is 1.61 bits per heavy atom. The average molecular weight is 1060 g/mol. The second-order valence-electron chi connectivity index (χ2n) is 24.1. The number of amides is 8. The van der Waals surface area contributed by atoms with E-state index in [0.29, 0.717) is 31.8 Å². The van der Waals surface area contributed by atoms with E-state index in [2.05, 4.69) is 60.1 Å². The molecule has 0 heterocycles. The largest absolute Gasteiger partial charge is 0.395 e. The summed E-state index contributed by atoms with van der Waals surface area (Å²) in [7, 11) is 0. The van der Waals surface area contributed by atoms with Crippen LogP contribution >= 0.6 is 0 Å². The maximum atomic E-state index is 14.4. The summed E-state index contributed by atoms with van der Waals surface area (Å²) < 4.78 is 0. The molecule has 8 amide bonds. The Bertz CT molecular complexity index is 1800. The Hall–Kier alpha value is -4.36. The maximum Gasteiger partial charge on any atom is 0.246 e. The van der Waals surface area contributed by atoms with Crippen molar-refractivity contribution in [1.29, 1.82) is 0 Å². The summed E-state index contributed by atoms with van der Waals surface area (Å²) in [6.45, 7) is 21.8. The molecule has 0 aliphatic heterocycles. The lowest BCUT2D eigenvalue weighted by Gasteiger charge is -2.35. The predicted molar refractivity (Wildman–Crippen MR) is 295 cm³/mol. The molecule has 0 bridgehead atoms. The molecule has 2 rings (SSSR count). The topological polar surface area (TPSA) is 277 Å². The summed E-state index contributed by atoms with van der Waals surface area (Å²) in [5.41, 5.74) is -4.45. The van der Waals surface area contributed by atoms with Gasteiger partial charge in [0.25, 0.3) is 0 Å². The van der Waals surface area contributed by atoms with Gasteiger partial charge in [0.05, 0.1) is 12.6 Å². The lowest BCUT2D eigenvalue weighted by Crippen LogP contribution is -2.66. The van der Waals surface area contributed by atoms with E-state index in [1.54, 1.807) is 27.7 Å². The summed E-state index contributed by atoms with van der Waals surface area (Å²) in [5.74, 6) is -3.65. The average Bonchev–Trinajstić information content (AvgIpc) is 3.84. The highest BCUT2D eigenvalue weighted by Gasteiger charge is 2.41. The fourth-order valence-corrected chi connectivity index (χ4v) is 9.76. The number of carbonyl (C=O) groups excluding carboxylic acids is 8. The SMILES string of the molecule is CCCCCCCC[C@H](NC(=O)C(C)(C)NC(=O)C(C)(C)NC(=O)[C@H](CC1CCCCC1)NC1CCCC1)C(=O)N[C@@H](CC(C)C)C(=O)NC(C)(C)C(=O)N[C@@H](CC(C)C)C(=O)NCCC(=O)N[C@@H](C)CNCCO. The lowest BCUT2D eigenvalue weighted by atomic mass is 9.84. The number of rotatable bonds is 36. The van der Waals surface area contributed by atoms with Crippen molar-refractivity contribution in [2.75, 3.05) is 26.2 Å². The van der Waals surface area contributed by atoms with Crippen molar-refractivity contribution < 1.29 is 43.5 Å². The predicted octanol–water partition coefficient (Wildman–Crippen LogP) is 4.43. The van der Waals surface area contributed by atoms with Gasteiger partial charge in [-0.05, 0) is 105 Å². The van der Waals surface area contributed by atoms with Crippen LogP contribution in [0.4, 0.5) is 0 Å². The Balaban J connectivity index is 2.20. The molecule has 0 aromatic carbocycles. The van der Waals surface area contributed by atoms with Crippen molar-refractivity contribution in [3.05, 3.63) is 0 Å². The van der Waals surface area contributed by atoms with E-state index in [9.17, 15) is 38.4 Å². The van der Waals surface area contributed by atoms with Crippen molar-refractivity contribution >= 4 is 47.3 Å². The van der Waals surface area contributed by atoms with Gasteiger partial charge in [0.2, 0.25) is 47.3 Å². The molecule has 5 atom stereocenters. The minimum Gasteiger partial charge on any atom is -0.395 e. The fourth-order valence-electron chi connectivity index (χ4n) is 9.76. The zero-order valence-electron chi connectivity index (χ0n) is 48.4. The molecule has 19 nitrogen and oxygen atoms in total. The molecule has 2 aliphatic carbocycles. The Morgan fingerprint density at radius 2 is 1.04 bits per heavy atom. The molecule has 0 unspecified atom stereocenters. The third-order valence-electron chi connectivity index (χ3n) is 14.3. The molecular formula is C56H104N10O9. The molecule has 0 spiro atoms. The Kier molecular flexibility index (Phi) is 30.0. The van der Waals surface area contributed by atoms with Crippen LogP contribution in [0.15, 0.2) is 0 Å². The molecule has 0 radical (unpaired) electrons. The van der Waals surface area contributed by atoms with Gasteiger partial charge in [-0.2, -0.15) is 0 Å². The minimum atomic E-state index is -1.54. The van der Waals surface area contributed by atoms with Crippen molar-refractivity contribution in [2.45, 2.75) is 264 Å². The maximum absolute atomic E-state index is 14.4. The van der Waals surface area contributed by atoms with E-state index < -0.39 is 76.2 Å². The smallest absolute Gasteiger partial charge is 0.246 e. The molecule has 2 fully saturated rings. The molecule has 432 valence electrons. The van der Waals surface area contributed by atoms with Crippen molar-refractivity contribution in [2.24, 2.45) is 17.8 Å². The summed E-state index contributed by atoms with van der Waals surface area (Å²) in [5, 5.41) is 38.3. The van der Waals surface area contributed by atoms with Gasteiger partial charge in [-0.25, -0.2) is 0 Å². The van der Waals surface area contributed by atoms with Crippen molar-refractivity contribution in [1.82, 2.24) is 53.2 Å². The van der Waals surface area contributed by atoms with Crippen LogP contribution in [0.3, 0.4) is 0 Å². The molecule has 0 aromatic rings. The van der Waals surface area contributed by atoms with Gasteiger partial charge in [-0.15, -0.1) is 0 Å². The highest BCUT2D eigenvalue weighted by Crippen LogP contribution is 2.29. The zero-order valence-corrected chi connectivity index (χ0v) is 48.4. The Labute approximate surface area is 450 Å². The van der Waals surface area contributed by atoms with Crippen LogP contribution in [0.2, 0.25) is 0 Å². The molecule has 11 N–H and O–H groups in total. The van der Waals surface area contributed by atoms with Crippen LogP contribution in [0.1, 0.15) is 212 Å². The van der Waals surface area contributed by atoms with Gasteiger partial charge in [0.1, 0.15) is 34.7 Å². The van der Waals surface area contributed by atoms with E-state index in [-0.39, 0.29) is 74.6 Å². The molecule has 19 heteroatoms. The van der Waals surface area contributed by atoms with Gasteiger partial charge in [0.15, 0.2) is 0 Å². The summed E-state index contributed by atoms with van der Waals surface area (Å²) in [4.78, 5) is 111. The second kappa shape index (κ2) is 33.7. The third kappa shape index (κ3) is 26.0. The van der Waals surface area contributed by atoms with E-state index >= 15 is 0 Å². The standard InChI is InChI=1S/C56H104N10O9/c1-13-14-15-16-17-21-28-42(62-52(74)55(9,10)66-53(75)56(11,12)65-50(72)45(60-41-26-22-23-27-41)35-40-24-19-18-20-25-40)48(70)61-44(34-38(4)5)49(71)64-54(7,8)51(73)63-43(33-37(2)3)47(69)58-30-29-46(68)59-39(6)36-57-31-32-67/h37-45,57,60,67H,13-36H2,1-12H3,(H,58,69)(H,59,68)(H,61,70)(H,62,74)(H,63,73)(H,64,71)(H,65,72)(H,66,75)/t39-,42-,43-,44-,45-/m0/s1. The summed E-state index contributed by atoms with van der Waals surface area (Å²) >= 11 is 0. The lowest BCUT2D eigenvalue weighted by molar-refractivity contribution is -0.139. The van der Waals surface area contributed by atoms with Gasteiger partial charge in [-0.3, -0.25) is 38.4 Å². The van der Waals surface area contributed by atoms with E-state index in [1.807, 2.05) is 34.6 Å². The van der Waals surface area contributed by atoms with Crippen LogP contribution in [0.25, 0.3) is 0 Å².